The number of rotatable bonds is 12. The lowest BCUT2D eigenvalue weighted by Gasteiger charge is -2.15. The van der Waals surface area contributed by atoms with E-state index in [4.69, 9.17) is 14.2 Å². The van der Waals surface area contributed by atoms with E-state index in [1.807, 2.05) is 0 Å². The lowest BCUT2D eigenvalue weighted by Crippen LogP contribution is -2.19. The predicted octanol–water partition coefficient (Wildman–Crippen LogP) is 2.32. The van der Waals surface area contributed by atoms with Gasteiger partial charge in [-0.1, -0.05) is 0 Å². The van der Waals surface area contributed by atoms with Crippen molar-refractivity contribution in [2.24, 2.45) is 0 Å². The zero-order chi connectivity index (χ0) is 12.1. The van der Waals surface area contributed by atoms with Gasteiger partial charge in [-0.3, -0.25) is 0 Å². The number of ether oxygens (including phenoxy) is 3. The van der Waals surface area contributed by atoms with Crippen LogP contribution in [0.1, 0.15) is 20.8 Å². The van der Waals surface area contributed by atoms with Gasteiger partial charge in [0, 0.05) is 48.4 Å². The third kappa shape index (κ3) is 10.6. The predicted molar refractivity (Wildman–Crippen MR) is 71.0 cm³/mol. The average molecular weight is 248 g/mol. The Balaban J connectivity index is 3.58. The minimum Gasteiger partial charge on any atom is -0.382 e. The Morgan fingerprint density at radius 2 is 0.938 bits per heavy atom. The van der Waals surface area contributed by atoms with Gasteiger partial charge >= 0.3 is 0 Å². The van der Waals surface area contributed by atoms with Crippen LogP contribution in [0, 0.1) is 0 Å². The molecule has 0 saturated heterocycles. The van der Waals surface area contributed by atoms with Gasteiger partial charge in [-0.15, -0.1) is 0 Å². The highest BCUT2D eigenvalue weighted by Gasteiger charge is 2.10. The molecule has 0 N–H and O–H groups in total. The molecule has 4 heteroatoms. The van der Waals surface area contributed by atoms with Crippen molar-refractivity contribution in [1.82, 2.24) is 0 Å². The van der Waals surface area contributed by atoms with E-state index in [1.54, 1.807) is 0 Å². The second kappa shape index (κ2) is 13.2. The topological polar surface area (TPSA) is 27.7 Å². The maximum absolute atomic E-state index is 5.43. The van der Waals surface area contributed by atoms with Crippen LogP contribution in [0.4, 0.5) is 0 Å². The molecule has 0 aliphatic carbocycles. The van der Waals surface area contributed by atoms with Crippen LogP contribution < -0.4 is 0 Å². The first-order chi connectivity index (χ1) is 7.85. The molecule has 0 aromatic carbocycles. The van der Waals surface area contributed by atoms with Crippen LogP contribution in [0.5, 0.6) is 0 Å². The number of hydrogen-bond donors (Lipinski definition) is 0. The highest BCUT2D eigenvalue weighted by Crippen LogP contribution is 2.07. The Morgan fingerprint density at radius 1 is 0.625 bits per heavy atom. The Morgan fingerprint density at radius 3 is 1.19 bits per heavy atom. The summed E-state index contributed by atoms with van der Waals surface area (Å²) < 4.78 is 16.3. The van der Waals surface area contributed by atoms with Crippen molar-refractivity contribution >= 4 is 8.80 Å². The maximum atomic E-state index is 5.43. The van der Waals surface area contributed by atoms with Gasteiger partial charge in [0.25, 0.3) is 0 Å². The van der Waals surface area contributed by atoms with E-state index < -0.39 is 8.80 Å². The summed E-state index contributed by atoms with van der Waals surface area (Å²) in [4.78, 5) is 0. The second-order valence-corrected chi connectivity index (χ2v) is 7.29. The Labute approximate surface area is 102 Å². The monoisotopic (exact) mass is 248 g/mol. The van der Waals surface area contributed by atoms with Crippen molar-refractivity contribution in [3.8, 4) is 0 Å². The summed E-state index contributed by atoms with van der Waals surface area (Å²) in [6, 6.07) is 3.77. The molecule has 0 atom stereocenters. The number of hydrogen-bond acceptors (Lipinski definition) is 3. The highest BCUT2D eigenvalue weighted by atomic mass is 28.3. The van der Waals surface area contributed by atoms with Gasteiger partial charge in [-0.05, 0) is 38.9 Å². The fourth-order valence-electron chi connectivity index (χ4n) is 1.62. The third-order valence-corrected chi connectivity index (χ3v) is 5.78. The lowest BCUT2D eigenvalue weighted by atomic mass is 10.8. The maximum Gasteiger partial charge on any atom is 0.0439 e. The molecule has 0 rings (SSSR count). The van der Waals surface area contributed by atoms with Gasteiger partial charge in [0.2, 0.25) is 0 Å². The second-order valence-electron chi connectivity index (χ2n) is 3.82. The highest BCUT2D eigenvalue weighted by molar-refractivity contribution is 6.58. The first-order valence-corrected chi connectivity index (χ1v) is 9.03. The first kappa shape index (κ1) is 16.1. The van der Waals surface area contributed by atoms with Crippen molar-refractivity contribution in [3.05, 3.63) is 0 Å². The first-order valence-electron chi connectivity index (χ1n) is 6.58. The van der Waals surface area contributed by atoms with Crippen molar-refractivity contribution in [1.29, 1.82) is 0 Å². The third-order valence-electron chi connectivity index (χ3n) is 2.62. The fourth-order valence-corrected chi connectivity index (χ4v) is 3.98. The van der Waals surface area contributed by atoms with E-state index in [-0.39, 0.29) is 0 Å². The summed E-state index contributed by atoms with van der Waals surface area (Å²) in [5.74, 6) is 0. The molecule has 3 nitrogen and oxygen atoms in total. The Kier molecular flexibility index (Phi) is 13.2. The molecule has 0 fully saturated rings. The summed E-state index contributed by atoms with van der Waals surface area (Å²) >= 11 is 0. The summed E-state index contributed by atoms with van der Waals surface area (Å²) in [5.41, 5.74) is 0. The minimum absolute atomic E-state index is 0.704. The van der Waals surface area contributed by atoms with Crippen molar-refractivity contribution in [3.63, 3.8) is 0 Å². The fraction of sp³-hybridized carbons (Fsp3) is 1.00. The van der Waals surface area contributed by atoms with Crippen LogP contribution in [0.25, 0.3) is 0 Å². The van der Waals surface area contributed by atoms with Gasteiger partial charge in [0.1, 0.15) is 0 Å². The van der Waals surface area contributed by atoms with Crippen LogP contribution in [0.15, 0.2) is 0 Å². The Hall–Kier alpha value is 0.0969. The average Bonchev–Trinajstić information content (AvgIpc) is 2.29. The van der Waals surface area contributed by atoms with E-state index in [0.717, 1.165) is 39.6 Å². The summed E-state index contributed by atoms with van der Waals surface area (Å²) in [6.07, 6.45) is 0. The van der Waals surface area contributed by atoms with Crippen LogP contribution in [0.2, 0.25) is 18.1 Å². The molecular formula is C12H28O3Si. The van der Waals surface area contributed by atoms with Gasteiger partial charge in [0.05, 0.1) is 0 Å². The molecule has 0 saturated carbocycles. The molecule has 0 amide bonds. The summed E-state index contributed by atoms with van der Waals surface area (Å²) in [6.45, 7) is 11.4. The van der Waals surface area contributed by atoms with E-state index in [1.165, 1.54) is 18.1 Å². The minimum atomic E-state index is -0.704. The van der Waals surface area contributed by atoms with E-state index in [2.05, 4.69) is 20.8 Å². The smallest absolute Gasteiger partial charge is 0.0439 e. The summed E-state index contributed by atoms with van der Waals surface area (Å²) in [7, 11) is -0.704. The summed E-state index contributed by atoms with van der Waals surface area (Å²) in [5, 5.41) is 0. The molecule has 0 spiro atoms. The molecule has 98 valence electrons. The van der Waals surface area contributed by atoms with Crippen molar-refractivity contribution in [2.75, 3.05) is 39.6 Å². The largest absolute Gasteiger partial charge is 0.382 e. The zero-order valence-corrected chi connectivity index (χ0v) is 12.3. The standard InChI is InChI=1S/C12H28O3Si/c1-4-13-7-10-16(11-8-14-5-2)12-9-15-6-3/h16H,4-12H2,1-3H3. The molecule has 0 aromatic heterocycles. The SMILES string of the molecule is CCOCC[SiH](CCOCC)CCOCC. The molecule has 0 radical (unpaired) electrons. The molecular weight excluding hydrogens is 220 g/mol. The van der Waals surface area contributed by atoms with E-state index >= 15 is 0 Å². The molecule has 0 bridgehead atoms. The molecule has 0 aromatic rings. The molecule has 0 unspecified atom stereocenters. The van der Waals surface area contributed by atoms with Crippen molar-refractivity contribution < 1.29 is 14.2 Å². The van der Waals surface area contributed by atoms with Crippen LogP contribution in [-0.4, -0.2) is 48.4 Å². The van der Waals surface area contributed by atoms with E-state index in [9.17, 15) is 0 Å². The molecule has 0 aliphatic heterocycles. The quantitative estimate of drug-likeness (QED) is 0.392. The van der Waals surface area contributed by atoms with Crippen LogP contribution in [-0.2, 0) is 14.2 Å². The molecule has 0 heterocycles. The van der Waals surface area contributed by atoms with Crippen molar-refractivity contribution in [2.45, 2.75) is 38.9 Å². The van der Waals surface area contributed by atoms with Crippen LogP contribution >= 0.6 is 0 Å². The Bertz CT molecular complexity index is 110. The van der Waals surface area contributed by atoms with Crippen LogP contribution in [0.3, 0.4) is 0 Å². The lowest BCUT2D eigenvalue weighted by molar-refractivity contribution is 0.151. The normalized spacial score (nSPS) is 11.2. The van der Waals surface area contributed by atoms with Gasteiger partial charge in [-0.25, -0.2) is 0 Å². The van der Waals surface area contributed by atoms with Gasteiger partial charge < -0.3 is 14.2 Å². The van der Waals surface area contributed by atoms with E-state index in [0.29, 0.717) is 0 Å². The molecule has 0 aliphatic rings. The van der Waals surface area contributed by atoms with Gasteiger partial charge in [-0.2, -0.15) is 0 Å². The van der Waals surface area contributed by atoms with Gasteiger partial charge in [0.15, 0.2) is 0 Å². The zero-order valence-electron chi connectivity index (χ0n) is 11.2. The molecule has 16 heavy (non-hydrogen) atoms.